The highest BCUT2D eigenvalue weighted by Crippen LogP contribution is 2.22. The molecule has 0 aliphatic heterocycles. The van der Waals surface area contributed by atoms with E-state index in [9.17, 15) is 4.39 Å². The molecule has 1 aromatic heterocycles. The van der Waals surface area contributed by atoms with Crippen molar-refractivity contribution in [3.63, 3.8) is 0 Å². The van der Waals surface area contributed by atoms with E-state index in [0.717, 1.165) is 28.5 Å². The van der Waals surface area contributed by atoms with Gasteiger partial charge in [0.25, 0.3) is 0 Å². The maximum absolute atomic E-state index is 13.7. The van der Waals surface area contributed by atoms with Crippen LogP contribution in [0.25, 0.3) is 0 Å². The van der Waals surface area contributed by atoms with Crippen LogP contribution in [0.3, 0.4) is 0 Å². The number of aromatic nitrogens is 3. The fraction of sp³-hybridized carbons (Fsp3) is 0.375. The fourth-order valence-corrected chi connectivity index (χ4v) is 3.16. The maximum atomic E-state index is 13.7. The average molecular weight is 566 g/mol. The maximum Gasteiger partial charge on any atom is 0.192 e. The Balaban J connectivity index is 0.00000385. The molecule has 178 valence electrons. The van der Waals surface area contributed by atoms with Crippen molar-refractivity contribution in [1.82, 2.24) is 25.4 Å². The first-order chi connectivity index (χ1) is 15.3. The summed E-state index contributed by atoms with van der Waals surface area (Å²) in [6.45, 7) is 7.60. The third kappa shape index (κ3) is 7.41. The number of methoxy groups -OCH3 is 1. The molecule has 7 nitrogen and oxygen atoms in total. The molecule has 0 aliphatic carbocycles. The summed E-state index contributed by atoms with van der Waals surface area (Å²) in [5, 5.41) is 15.0. The lowest BCUT2D eigenvalue weighted by Gasteiger charge is -2.27. The molecule has 2 N–H and O–H groups in total. The van der Waals surface area contributed by atoms with E-state index >= 15 is 0 Å². The van der Waals surface area contributed by atoms with Gasteiger partial charge in [0.2, 0.25) is 0 Å². The largest absolute Gasteiger partial charge is 0.497 e. The predicted molar refractivity (Wildman–Crippen MR) is 140 cm³/mol. The summed E-state index contributed by atoms with van der Waals surface area (Å²) in [4.78, 5) is 4.74. The first kappa shape index (κ1) is 26.6. The molecule has 1 heterocycles. The standard InChI is InChI=1S/C24H31FN6O.HI/c1-17-29-30-22(31(17)4)15-27-23(26-14-18-9-11-21(32-5)12-10-18)28-16-24(2,3)19-7-6-8-20(25)13-19;/h6-13H,14-16H2,1-5H3,(H2,26,27,28);1H. The van der Waals surface area contributed by atoms with Crippen LogP contribution in [0.4, 0.5) is 4.39 Å². The Kier molecular flexibility index (Phi) is 9.63. The van der Waals surface area contributed by atoms with Gasteiger partial charge in [-0.05, 0) is 42.3 Å². The van der Waals surface area contributed by atoms with Crippen LogP contribution in [0.15, 0.2) is 53.5 Å². The van der Waals surface area contributed by atoms with Gasteiger partial charge in [0.15, 0.2) is 11.8 Å². The molecular weight excluding hydrogens is 534 g/mol. The zero-order valence-corrected chi connectivity index (χ0v) is 22.1. The molecule has 9 heteroatoms. The number of aliphatic imine (C=N–C) groups is 1. The number of rotatable bonds is 8. The SMILES string of the molecule is COc1ccc(CN=C(NCc2nnc(C)n2C)NCC(C)(C)c2cccc(F)c2)cc1.I. The number of halogens is 2. The van der Waals surface area contributed by atoms with Crippen molar-refractivity contribution < 1.29 is 9.13 Å². The molecule has 0 radical (unpaired) electrons. The number of guanidine groups is 1. The molecule has 2 aromatic carbocycles. The summed E-state index contributed by atoms with van der Waals surface area (Å²) < 4.78 is 20.9. The highest BCUT2D eigenvalue weighted by Gasteiger charge is 2.21. The average Bonchev–Trinajstić information content (AvgIpc) is 3.11. The van der Waals surface area contributed by atoms with Crippen LogP contribution in [0, 0.1) is 12.7 Å². The molecule has 0 amide bonds. The summed E-state index contributed by atoms with van der Waals surface area (Å²) in [5.41, 5.74) is 1.68. The summed E-state index contributed by atoms with van der Waals surface area (Å²) in [6.07, 6.45) is 0. The van der Waals surface area contributed by atoms with Gasteiger partial charge < -0.3 is 19.9 Å². The van der Waals surface area contributed by atoms with E-state index in [1.54, 1.807) is 19.2 Å². The summed E-state index contributed by atoms with van der Waals surface area (Å²) >= 11 is 0. The molecular formula is C24H32FIN6O. The Morgan fingerprint density at radius 2 is 1.85 bits per heavy atom. The van der Waals surface area contributed by atoms with Gasteiger partial charge in [-0.3, -0.25) is 0 Å². The van der Waals surface area contributed by atoms with Crippen molar-refractivity contribution in [2.45, 2.75) is 39.3 Å². The molecule has 0 aliphatic rings. The zero-order valence-electron chi connectivity index (χ0n) is 19.7. The third-order valence-electron chi connectivity index (χ3n) is 5.48. The van der Waals surface area contributed by atoms with Gasteiger partial charge >= 0.3 is 0 Å². The van der Waals surface area contributed by atoms with Gasteiger partial charge in [-0.2, -0.15) is 0 Å². The van der Waals surface area contributed by atoms with E-state index in [-0.39, 0.29) is 35.2 Å². The third-order valence-corrected chi connectivity index (χ3v) is 5.48. The van der Waals surface area contributed by atoms with Gasteiger partial charge in [-0.15, -0.1) is 34.2 Å². The molecule has 33 heavy (non-hydrogen) atoms. The molecule has 0 atom stereocenters. The van der Waals surface area contributed by atoms with E-state index in [4.69, 9.17) is 9.73 Å². The normalized spacial score (nSPS) is 11.6. The summed E-state index contributed by atoms with van der Waals surface area (Å²) in [6, 6.07) is 14.5. The highest BCUT2D eigenvalue weighted by atomic mass is 127. The van der Waals surface area contributed by atoms with Gasteiger partial charge in [0, 0.05) is 19.0 Å². The highest BCUT2D eigenvalue weighted by molar-refractivity contribution is 14.0. The van der Waals surface area contributed by atoms with E-state index < -0.39 is 0 Å². The second kappa shape index (κ2) is 12.0. The number of hydrogen-bond donors (Lipinski definition) is 2. The van der Waals surface area contributed by atoms with Crippen LogP contribution in [0.5, 0.6) is 5.75 Å². The summed E-state index contributed by atoms with van der Waals surface area (Å²) in [7, 11) is 3.58. The second-order valence-corrected chi connectivity index (χ2v) is 8.34. The number of benzene rings is 2. The number of nitrogens with zero attached hydrogens (tertiary/aromatic N) is 4. The van der Waals surface area contributed by atoms with Crippen molar-refractivity contribution in [2.24, 2.45) is 12.0 Å². The lowest BCUT2D eigenvalue weighted by atomic mass is 9.84. The minimum Gasteiger partial charge on any atom is -0.497 e. The Morgan fingerprint density at radius 1 is 1.12 bits per heavy atom. The fourth-order valence-electron chi connectivity index (χ4n) is 3.16. The number of aryl methyl sites for hydroxylation is 1. The Bertz CT molecular complexity index is 1070. The first-order valence-corrected chi connectivity index (χ1v) is 10.5. The lowest BCUT2D eigenvalue weighted by molar-refractivity contribution is 0.414. The Hall–Kier alpha value is -2.69. The lowest BCUT2D eigenvalue weighted by Crippen LogP contribution is -2.43. The van der Waals surface area contributed by atoms with Gasteiger partial charge in [-0.25, -0.2) is 9.38 Å². The van der Waals surface area contributed by atoms with E-state index in [0.29, 0.717) is 25.6 Å². The molecule has 3 aromatic rings. The number of nitrogens with one attached hydrogen (secondary N) is 2. The van der Waals surface area contributed by atoms with Crippen molar-refractivity contribution in [2.75, 3.05) is 13.7 Å². The van der Waals surface area contributed by atoms with Crippen LogP contribution < -0.4 is 15.4 Å². The molecule has 3 rings (SSSR count). The smallest absolute Gasteiger partial charge is 0.192 e. The molecule has 0 bridgehead atoms. The van der Waals surface area contributed by atoms with Crippen molar-refractivity contribution >= 4 is 29.9 Å². The number of hydrogen-bond acceptors (Lipinski definition) is 4. The van der Waals surface area contributed by atoms with E-state index in [1.165, 1.54) is 6.07 Å². The molecule has 0 fully saturated rings. The molecule has 0 saturated heterocycles. The van der Waals surface area contributed by atoms with Gasteiger partial charge in [0.05, 0.1) is 20.2 Å². The van der Waals surface area contributed by atoms with Crippen LogP contribution in [-0.4, -0.2) is 34.4 Å². The minimum atomic E-state index is -0.300. The molecule has 0 unspecified atom stereocenters. The Labute approximate surface area is 211 Å². The first-order valence-electron chi connectivity index (χ1n) is 10.5. The molecule has 0 saturated carbocycles. The number of ether oxygens (including phenoxy) is 1. The van der Waals surface area contributed by atoms with Crippen LogP contribution in [-0.2, 0) is 25.6 Å². The topological polar surface area (TPSA) is 76.4 Å². The van der Waals surface area contributed by atoms with Crippen molar-refractivity contribution in [1.29, 1.82) is 0 Å². The Morgan fingerprint density at radius 3 is 2.45 bits per heavy atom. The van der Waals surface area contributed by atoms with E-state index in [2.05, 4.69) is 34.7 Å². The monoisotopic (exact) mass is 566 g/mol. The molecule has 0 spiro atoms. The van der Waals surface area contributed by atoms with Crippen molar-refractivity contribution in [3.05, 3.63) is 77.1 Å². The van der Waals surface area contributed by atoms with E-state index in [1.807, 2.05) is 48.9 Å². The minimum absolute atomic E-state index is 0. The predicted octanol–water partition coefficient (Wildman–Crippen LogP) is 4.10. The van der Waals surface area contributed by atoms with Gasteiger partial charge in [0.1, 0.15) is 17.4 Å². The summed E-state index contributed by atoms with van der Waals surface area (Å²) in [5.74, 6) is 2.87. The van der Waals surface area contributed by atoms with Gasteiger partial charge in [-0.1, -0.05) is 38.1 Å². The van der Waals surface area contributed by atoms with Crippen LogP contribution in [0.2, 0.25) is 0 Å². The van der Waals surface area contributed by atoms with Crippen LogP contribution >= 0.6 is 24.0 Å². The quantitative estimate of drug-likeness (QED) is 0.244. The van der Waals surface area contributed by atoms with Crippen molar-refractivity contribution in [3.8, 4) is 5.75 Å². The zero-order chi connectivity index (χ0) is 23.1. The van der Waals surface area contributed by atoms with Crippen LogP contribution in [0.1, 0.15) is 36.6 Å². The second-order valence-electron chi connectivity index (χ2n) is 8.34.